The fraction of sp³-hybridized carbons (Fsp3) is 0.727. The number of H-pyrrole nitrogens is 1. The van der Waals surface area contributed by atoms with Gasteiger partial charge in [0, 0.05) is 22.2 Å². The third-order valence-corrected chi connectivity index (χ3v) is 5.97. The van der Waals surface area contributed by atoms with Crippen LogP contribution in [-0.4, -0.2) is 15.9 Å². The van der Waals surface area contributed by atoms with Crippen molar-refractivity contribution in [2.75, 3.05) is 0 Å². The van der Waals surface area contributed by atoms with Gasteiger partial charge >= 0.3 is 0 Å². The van der Waals surface area contributed by atoms with Crippen molar-refractivity contribution in [3.05, 3.63) is 23.8 Å². The first-order valence-electron chi connectivity index (χ1n) is 10.5. The second-order valence-corrected chi connectivity index (χ2v) is 8.99. The van der Waals surface area contributed by atoms with Gasteiger partial charge in [-0.1, -0.05) is 76.8 Å². The molecular weight excluding hydrogens is 365 g/mol. The van der Waals surface area contributed by atoms with E-state index in [0.717, 1.165) is 23.9 Å². The van der Waals surface area contributed by atoms with Crippen LogP contribution in [0.1, 0.15) is 96.0 Å². The predicted molar refractivity (Wildman–Crippen MR) is 115 cm³/mol. The van der Waals surface area contributed by atoms with E-state index in [9.17, 15) is 0 Å². The van der Waals surface area contributed by atoms with Gasteiger partial charge in [0.1, 0.15) is 5.52 Å². The van der Waals surface area contributed by atoms with E-state index in [4.69, 9.17) is 27.7 Å². The van der Waals surface area contributed by atoms with Crippen molar-refractivity contribution in [1.29, 1.82) is 0 Å². The van der Waals surface area contributed by atoms with Crippen LogP contribution in [0.5, 0.6) is 0 Å². The maximum atomic E-state index is 6.78. The smallest absolute Gasteiger partial charge is 0.184 e. The summed E-state index contributed by atoms with van der Waals surface area (Å²) in [6.07, 6.45) is 14.0. The van der Waals surface area contributed by atoms with Crippen molar-refractivity contribution in [2.24, 2.45) is 0 Å². The lowest BCUT2D eigenvalue weighted by molar-refractivity contribution is 0.414. The molecule has 0 bridgehead atoms. The van der Waals surface area contributed by atoms with Gasteiger partial charge in [-0.2, -0.15) is 0 Å². The normalized spacial score (nSPS) is 15.4. The Morgan fingerprint density at radius 1 is 0.962 bits per heavy atom. The summed E-state index contributed by atoms with van der Waals surface area (Å²) in [5.41, 5.74) is 3.28. The van der Waals surface area contributed by atoms with Crippen LogP contribution < -0.4 is 0 Å². The van der Waals surface area contributed by atoms with E-state index in [1.165, 1.54) is 63.4 Å². The number of para-hydroxylation sites is 1. The van der Waals surface area contributed by atoms with Gasteiger partial charge in [-0.05, 0) is 25.8 Å². The highest BCUT2D eigenvalue weighted by Gasteiger charge is 2.26. The molecule has 0 radical (unpaired) electrons. The molecule has 1 heterocycles. The van der Waals surface area contributed by atoms with Crippen LogP contribution >= 0.6 is 23.2 Å². The van der Waals surface area contributed by atoms with Gasteiger partial charge in [0.2, 0.25) is 0 Å². The summed E-state index contributed by atoms with van der Waals surface area (Å²) >= 11 is 13.0. The molecule has 0 saturated carbocycles. The lowest BCUT2D eigenvalue weighted by Gasteiger charge is -2.25. The first-order chi connectivity index (χ1) is 12.6. The van der Waals surface area contributed by atoms with Gasteiger partial charge in [0.15, 0.2) is 5.58 Å². The molecule has 2 aromatic rings. The first kappa shape index (κ1) is 21.7. The fourth-order valence-electron chi connectivity index (χ4n) is 3.78. The van der Waals surface area contributed by atoms with E-state index in [1.807, 2.05) is 13.0 Å². The molecule has 0 fully saturated rings. The van der Waals surface area contributed by atoms with Crippen LogP contribution in [0.2, 0.25) is 0 Å². The second kappa shape index (κ2) is 12.0. The molecule has 0 amide bonds. The number of alkyl halides is 2. The zero-order chi connectivity index (χ0) is 18.8. The number of unbranched alkanes of at least 4 members (excludes halogenated alkanes) is 8. The molecule has 148 valence electrons. The number of nitrogens with one attached hydrogen (secondary N) is 1. The molecule has 4 heteroatoms. The summed E-state index contributed by atoms with van der Waals surface area (Å²) in [6.45, 7) is 4.29. The largest absolute Gasteiger partial charge is 0.379 e. The van der Waals surface area contributed by atoms with Gasteiger partial charge < -0.3 is 4.52 Å². The van der Waals surface area contributed by atoms with E-state index in [2.05, 4.69) is 24.2 Å². The molecule has 0 aliphatic rings. The van der Waals surface area contributed by atoms with Gasteiger partial charge in [-0.3, -0.25) is 0 Å². The number of benzene rings is 1. The standard InChI is InChI=1S/C22H35Cl2NO/c1-3-4-5-6-7-8-9-10-11-13-18(20(24)16-17(2)23)19-14-12-15-21-22(19)26-25-21/h12,14-15,17-18,20,25H,3-11,13,16H2,1-2H3. The Morgan fingerprint density at radius 2 is 1.62 bits per heavy atom. The van der Waals surface area contributed by atoms with E-state index in [0.29, 0.717) is 5.92 Å². The minimum Gasteiger partial charge on any atom is -0.379 e. The number of hydrogen-bond donors (Lipinski definition) is 1. The molecule has 0 spiro atoms. The molecular formula is C22H35Cl2NO. The quantitative estimate of drug-likeness (QED) is 0.250. The lowest BCUT2D eigenvalue weighted by atomic mass is 9.87. The molecule has 1 N–H and O–H groups in total. The SMILES string of the molecule is CCCCCCCCCCCC(c1cccc2[nH]oc12)C(Cl)CC(C)Cl. The van der Waals surface area contributed by atoms with Gasteiger partial charge in [-0.25, -0.2) is 5.16 Å². The van der Waals surface area contributed by atoms with Crippen molar-refractivity contribution in [3.8, 4) is 0 Å². The zero-order valence-corrected chi connectivity index (χ0v) is 17.9. The minimum atomic E-state index is 0.0484. The van der Waals surface area contributed by atoms with Crippen molar-refractivity contribution in [2.45, 2.75) is 101 Å². The molecule has 3 atom stereocenters. The second-order valence-electron chi connectivity index (χ2n) is 7.68. The average molecular weight is 400 g/mol. The summed E-state index contributed by atoms with van der Waals surface area (Å²) in [5.74, 6) is 0.305. The topological polar surface area (TPSA) is 28.9 Å². The van der Waals surface area contributed by atoms with Crippen LogP contribution in [0.3, 0.4) is 0 Å². The highest BCUT2D eigenvalue weighted by molar-refractivity contribution is 6.23. The number of hydrogen-bond acceptors (Lipinski definition) is 1. The Kier molecular flexibility index (Phi) is 9.99. The van der Waals surface area contributed by atoms with Crippen molar-refractivity contribution in [1.82, 2.24) is 5.16 Å². The summed E-state index contributed by atoms with van der Waals surface area (Å²) in [5, 5.41) is 3.04. The molecule has 1 aromatic heterocycles. The molecule has 26 heavy (non-hydrogen) atoms. The Hall–Kier alpha value is -0.600. The van der Waals surface area contributed by atoms with Crippen LogP contribution in [-0.2, 0) is 0 Å². The third-order valence-electron chi connectivity index (χ3n) is 5.31. The number of fused-ring (bicyclic) bond motifs is 1. The van der Waals surface area contributed by atoms with Crippen LogP contribution in [0.15, 0.2) is 22.7 Å². The molecule has 0 aliphatic heterocycles. The number of aromatic amines is 1. The van der Waals surface area contributed by atoms with Crippen molar-refractivity contribution < 1.29 is 4.52 Å². The van der Waals surface area contributed by atoms with Gasteiger partial charge in [-0.15, -0.1) is 23.2 Å². The molecule has 0 saturated heterocycles. The molecule has 1 aromatic carbocycles. The Balaban J connectivity index is 1.80. The van der Waals surface area contributed by atoms with Crippen molar-refractivity contribution >= 4 is 34.3 Å². The summed E-state index contributed by atoms with van der Waals surface area (Å²) in [4.78, 5) is 0. The zero-order valence-electron chi connectivity index (χ0n) is 16.4. The van der Waals surface area contributed by atoms with E-state index in [1.54, 1.807) is 0 Å². The minimum absolute atomic E-state index is 0.0484. The van der Waals surface area contributed by atoms with E-state index in [-0.39, 0.29) is 10.8 Å². The molecule has 2 rings (SSSR count). The van der Waals surface area contributed by atoms with Crippen LogP contribution in [0.4, 0.5) is 0 Å². The maximum Gasteiger partial charge on any atom is 0.184 e. The van der Waals surface area contributed by atoms with Gasteiger partial charge in [0.25, 0.3) is 0 Å². The maximum absolute atomic E-state index is 6.78. The average Bonchev–Trinajstić information content (AvgIpc) is 2.57. The Bertz CT molecular complexity index is 604. The Labute approximate surface area is 169 Å². The number of rotatable bonds is 14. The van der Waals surface area contributed by atoms with Gasteiger partial charge in [0.05, 0.1) is 0 Å². The lowest BCUT2D eigenvalue weighted by Crippen LogP contribution is -2.17. The highest BCUT2D eigenvalue weighted by Crippen LogP contribution is 2.37. The van der Waals surface area contributed by atoms with E-state index < -0.39 is 0 Å². The third kappa shape index (κ3) is 6.85. The highest BCUT2D eigenvalue weighted by atomic mass is 35.5. The number of aromatic nitrogens is 1. The van der Waals surface area contributed by atoms with Crippen molar-refractivity contribution in [3.63, 3.8) is 0 Å². The summed E-state index contributed by atoms with van der Waals surface area (Å²) < 4.78 is 5.49. The predicted octanol–water partition coefficient (Wildman–Crippen LogP) is 8.39. The summed E-state index contributed by atoms with van der Waals surface area (Å²) in [7, 11) is 0. The molecule has 3 unspecified atom stereocenters. The molecule has 2 nitrogen and oxygen atoms in total. The van der Waals surface area contributed by atoms with Crippen LogP contribution in [0.25, 0.3) is 11.1 Å². The fourth-order valence-corrected chi connectivity index (χ4v) is 4.59. The Morgan fingerprint density at radius 3 is 2.19 bits per heavy atom. The summed E-state index contributed by atoms with van der Waals surface area (Å²) in [6, 6.07) is 6.29. The first-order valence-corrected chi connectivity index (χ1v) is 11.3. The monoisotopic (exact) mass is 399 g/mol. The van der Waals surface area contributed by atoms with Crippen LogP contribution in [0, 0.1) is 0 Å². The molecule has 0 aliphatic carbocycles. The van der Waals surface area contributed by atoms with E-state index >= 15 is 0 Å². The number of halogens is 2.